The molecule has 1 fully saturated rings. The molecule has 1 aliphatic rings. The summed E-state index contributed by atoms with van der Waals surface area (Å²) in [6.07, 6.45) is 0. The second kappa shape index (κ2) is 8.11. The monoisotopic (exact) mass is 276 g/mol. The lowest BCUT2D eigenvalue weighted by atomic mass is 10.2. The average molecular weight is 276 g/mol. The fraction of sp³-hybridized carbons (Fsp3) is 0.467. The second-order valence-corrected chi connectivity index (χ2v) is 5.56. The van der Waals surface area contributed by atoms with E-state index in [1.54, 1.807) is 0 Å². The molecular weight excluding hydrogens is 256 g/mol. The van der Waals surface area contributed by atoms with Gasteiger partial charge >= 0.3 is 0 Å². The van der Waals surface area contributed by atoms with Crippen LogP contribution in [0.25, 0.3) is 0 Å². The van der Waals surface area contributed by atoms with E-state index in [-0.39, 0.29) is 0 Å². The molecule has 3 nitrogen and oxygen atoms in total. The quantitative estimate of drug-likeness (QED) is 0.844. The maximum atomic E-state index is 5.78. The number of nitrogens with two attached hydrogens (primary N) is 1. The summed E-state index contributed by atoms with van der Waals surface area (Å²) in [4.78, 5) is 2.45. The zero-order valence-corrected chi connectivity index (χ0v) is 11.9. The molecule has 102 valence electrons. The molecule has 1 aliphatic heterocycles. The number of nitrogens with zero attached hydrogens (tertiary/aromatic N) is 1. The molecule has 1 aromatic rings. The van der Waals surface area contributed by atoms with Gasteiger partial charge in [-0.05, 0) is 18.2 Å². The minimum atomic E-state index is 0.387. The Morgan fingerprint density at radius 3 is 2.95 bits per heavy atom. The number of hydrogen-bond acceptors (Lipinski definition) is 4. The predicted octanol–water partition coefficient (Wildman–Crippen LogP) is 1.42. The van der Waals surface area contributed by atoms with Crippen molar-refractivity contribution in [2.45, 2.75) is 0 Å². The van der Waals surface area contributed by atoms with Crippen LogP contribution in [-0.2, 0) is 0 Å². The van der Waals surface area contributed by atoms with Gasteiger partial charge in [-0.3, -0.25) is 4.90 Å². The zero-order valence-electron chi connectivity index (χ0n) is 11.1. The lowest BCUT2D eigenvalue weighted by Crippen LogP contribution is -2.35. The molecule has 1 heterocycles. The summed E-state index contributed by atoms with van der Waals surface area (Å²) >= 11 is 2.03. The first-order valence-corrected chi connectivity index (χ1v) is 7.76. The summed E-state index contributed by atoms with van der Waals surface area (Å²) in [5, 5.41) is 0. The summed E-state index contributed by atoms with van der Waals surface area (Å²) in [5.41, 5.74) is 6.32. The number of ether oxygens (including phenoxy) is 1. The van der Waals surface area contributed by atoms with E-state index in [1.165, 1.54) is 24.6 Å². The van der Waals surface area contributed by atoms with Crippen molar-refractivity contribution in [2.24, 2.45) is 5.73 Å². The Hall–Kier alpha value is -1.15. The van der Waals surface area contributed by atoms with E-state index in [4.69, 9.17) is 10.5 Å². The molecule has 0 unspecified atom stereocenters. The van der Waals surface area contributed by atoms with Crippen LogP contribution in [-0.4, -0.2) is 49.2 Å². The van der Waals surface area contributed by atoms with Crippen molar-refractivity contribution in [3.05, 3.63) is 29.8 Å². The fourth-order valence-corrected chi connectivity index (χ4v) is 2.91. The highest BCUT2D eigenvalue weighted by molar-refractivity contribution is 7.99. The van der Waals surface area contributed by atoms with Gasteiger partial charge in [0.2, 0.25) is 0 Å². The molecule has 0 amide bonds. The first-order valence-electron chi connectivity index (χ1n) is 6.60. The van der Waals surface area contributed by atoms with Crippen molar-refractivity contribution in [1.82, 2.24) is 4.90 Å². The number of rotatable bonds is 4. The maximum absolute atomic E-state index is 5.78. The van der Waals surface area contributed by atoms with Crippen LogP contribution in [0.3, 0.4) is 0 Å². The minimum Gasteiger partial charge on any atom is -0.492 e. The lowest BCUT2D eigenvalue weighted by molar-refractivity contribution is 0.222. The van der Waals surface area contributed by atoms with Crippen LogP contribution in [0.4, 0.5) is 0 Å². The number of hydrogen-bond donors (Lipinski definition) is 1. The van der Waals surface area contributed by atoms with Gasteiger partial charge in [0.1, 0.15) is 12.4 Å². The summed E-state index contributed by atoms with van der Waals surface area (Å²) in [6, 6.07) is 7.87. The molecular formula is C15H20N2OS. The molecule has 0 aromatic heterocycles. The molecule has 0 spiro atoms. The van der Waals surface area contributed by atoms with Gasteiger partial charge in [0.05, 0.1) is 6.54 Å². The third-order valence-corrected chi connectivity index (χ3v) is 3.89. The first kappa shape index (κ1) is 14.3. The molecule has 0 bridgehead atoms. The molecule has 4 heteroatoms. The lowest BCUT2D eigenvalue weighted by Gasteiger charge is -2.25. The van der Waals surface area contributed by atoms with Crippen molar-refractivity contribution < 1.29 is 4.74 Å². The van der Waals surface area contributed by atoms with Gasteiger partial charge in [-0.15, -0.1) is 0 Å². The van der Waals surface area contributed by atoms with Gasteiger partial charge < -0.3 is 10.5 Å². The van der Waals surface area contributed by atoms with Crippen LogP contribution in [0.2, 0.25) is 0 Å². The van der Waals surface area contributed by atoms with E-state index in [2.05, 4.69) is 16.7 Å². The topological polar surface area (TPSA) is 38.5 Å². The zero-order chi connectivity index (χ0) is 13.3. The SMILES string of the molecule is NCC#Cc1cccc(OCCN2CCSCC2)c1. The molecule has 0 radical (unpaired) electrons. The van der Waals surface area contributed by atoms with Crippen LogP contribution in [0.15, 0.2) is 24.3 Å². The highest BCUT2D eigenvalue weighted by Gasteiger charge is 2.09. The van der Waals surface area contributed by atoms with E-state index in [1.807, 2.05) is 36.0 Å². The third-order valence-electron chi connectivity index (χ3n) is 2.95. The van der Waals surface area contributed by atoms with E-state index in [0.717, 1.165) is 24.5 Å². The van der Waals surface area contributed by atoms with E-state index < -0.39 is 0 Å². The third kappa shape index (κ3) is 5.15. The average Bonchev–Trinajstić information content (AvgIpc) is 2.47. The van der Waals surface area contributed by atoms with Gasteiger partial charge in [0, 0.05) is 36.7 Å². The Kier molecular flexibility index (Phi) is 6.09. The van der Waals surface area contributed by atoms with Crippen LogP contribution in [0.1, 0.15) is 5.56 Å². The fourth-order valence-electron chi connectivity index (χ4n) is 1.93. The van der Waals surface area contributed by atoms with Crippen LogP contribution >= 0.6 is 11.8 Å². The van der Waals surface area contributed by atoms with Gasteiger partial charge in [0.25, 0.3) is 0 Å². The summed E-state index contributed by atoms with van der Waals surface area (Å²) < 4.78 is 5.78. The molecule has 2 N–H and O–H groups in total. The van der Waals surface area contributed by atoms with Crippen LogP contribution in [0.5, 0.6) is 5.75 Å². The van der Waals surface area contributed by atoms with Gasteiger partial charge in [-0.25, -0.2) is 0 Å². The Balaban J connectivity index is 1.78. The molecule has 2 rings (SSSR count). The molecule has 0 atom stereocenters. The van der Waals surface area contributed by atoms with Crippen molar-refractivity contribution in [3.8, 4) is 17.6 Å². The van der Waals surface area contributed by atoms with Gasteiger partial charge in [-0.2, -0.15) is 11.8 Å². The molecule has 0 aliphatic carbocycles. The molecule has 1 aromatic carbocycles. The minimum absolute atomic E-state index is 0.387. The maximum Gasteiger partial charge on any atom is 0.120 e. The Labute approximate surface area is 119 Å². The standard InChI is InChI=1S/C15H20N2OS/c16-6-2-4-14-3-1-5-15(13-14)18-10-7-17-8-11-19-12-9-17/h1,3,5,13H,6-12,16H2. The summed E-state index contributed by atoms with van der Waals surface area (Å²) in [6.45, 7) is 4.47. The van der Waals surface area contributed by atoms with E-state index in [0.29, 0.717) is 6.54 Å². The van der Waals surface area contributed by atoms with Gasteiger partial charge in [0.15, 0.2) is 0 Å². The highest BCUT2D eigenvalue weighted by atomic mass is 32.2. The van der Waals surface area contributed by atoms with Crippen molar-refractivity contribution >= 4 is 11.8 Å². The first-order chi connectivity index (χ1) is 9.38. The van der Waals surface area contributed by atoms with E-state index in [9.17, 15) is 0 Å². The summed E-state index contributed by atoms with van der Waals surface area (Å²) in [5.74, 6) is 9.23. The molecule has 0 saturated carbocycles. The van der Waals surface area contributed by atoms with Gasteiger partial charge in [-0.1, -0.05) is 17.9 Å². The van der Waals surface area contributed by atoms with Crippen molar-refractivity contribution in [1.29, 1.82) is 0 Å². The largest absolute Gasteiger partial charge is 0.492 e. The number of thioether (sulfide) groups is 1. The molecule has 19 heavy (non-hydrogen) atoms. The highest BCUT2D eigenvalue weighted by Crippen LogP contribution is 2.13. The summed E-state index contributed by atoms with van der Waals surface area (Å²) in [7, 11) is 0. The Morgan fingerprint density at radius 2 is 2.16 bits per heavy atom. The van der Waals surface area contributed by atoms with Crippen molar-refractivity contribution in [3.63, 3.8) is 0 Å². The second-order valence-electron chi connectivity index (χ2n) is 4.34. The van der Waals surface area contributed by atoms with E-state index >= 15 is 0 Å². The van der Waals surface area contributed by atoms with Crippen LogP contribution in [0, 0.1) is 11.8 Å². The normalized spacial score (nSPS) is 15.6. The smallest absolute Gasteiger partial charge is 0.120 e. The number of benzene rings is 1. The van der Waals surface area contributed by atoms with Crippen LogP contribution < -0.4 is 10.5 Å². The Bertz CT molecular complexity index is 447. The predicted molar refractivity (Wildman–Crippen MR) is 81.6 cm³/mol. The van der Waals surface area contributed by atoms with Crippen molar-refractivity contribution in [2.75, 3.05) is 44.3 Å². The Morgan fingerprint density at radius 1 is 1.32 bits per heavy atom. The molecule has 1 saturated heterocycles.